The summed E-state index contributed by atoms with van der Waals surface area (Å²) in [6.45, 7) is 4.64. The minimum atomic E-state index is -1.27. The van der Waals surface area contributed by atoms with Gasteiger partial charge in [-0.2, -0.15) is 0 Å². The predicted molar refractivity (Wildman–Crippen MR) is 112 cm³/mol. The number of carboxylic acid groups (broad SMARTS) is 1. The van der Waals surface area contributed by atoms with E-state index in [0.717, 1.165) is 0 Å². The lowest BCUT2D eigenvalue weighted by molar-refractivity contribution is -0.144. The highest BCUT2D eigenvalue weighted by molar-refractivity contribution is 6.44. The zero-order chi connectivity index (χ0) is 22.4. The highest BCUT2D eigenvalue weighted by Gasteiger charge is 2.28. The van der Waals surface area contributed by atoms with Gasteiger partial charge in [-0.25, -0.2) is 9.59 Å². The van der Waals surface area contributed by atoms with Crippen molar-refractivity contribution in [3.8, 4) is 11.1 Å². The van der Waals surface area contributed by atoms with Gasteiger partial charge in [0, 0.05) is 17.5 Å². The van der Waals surface area contributed by atoms with Gasteiger partial charge in [-0.05, 0) is 26.3 Å². The van der Waals surface area contributed by atoms with E-state index in [0.29, 0.717) is 6.42 Å². The molecule has 0 amide bonds. The standard InChI is InChI=1S/C21H21Cl2NO6/c1-4-6-15(25)29-9-10-30-21(28)17-12(3)24-11(2)16(20(26)27)18(17)13-7-5-8-14(22)19(13)23/h5,7-8H,4,6,9-10H2,1-3H3,(H,26,27). The summed E-state index contributed by atoms with van der Waals surface area (Å²) in [6.07, 6.45) is 0.920. The number of carbonyl (C=O) groups excluding carboxylic acids is 2. The van der Waals surface area contributed by atoms with Gasteiger partial charge >= 0.3 is 17.9 Å². The van der Waals surface area contributed by atoms with E-state index in [9.17, 15) is 19.5 Å². The summed E-state index contributed by atoms with van der Waals surface area (Å²) in [7, 11) is 0. The van der Waals surface area contributed by atoms with Crippen LogP contribution in [-0.4, -0.2) is 41.2 Å². The first-order valence-electron chi connectivity index (χ1n) is 9.20. The van der Waals surface area contributed by atoms with Crippen LogP contribution in [0.15, 0.2) is 18.2 Å². The first kappa shape index (κ1) is 23.6. The van der Waals surface area contributed by atoms with Gasteiger partial charge in [-0.3, -0.25) is 9.78 Å². The molecular weight excluding hydrogens is 433 g/mol. The highest BCUT2D eigenvalue weighted by atomic mass is 35.5. The van der Waals surface area contributed by atoms with E-state index in [1.807, 2.05) is 6.92 Å². The topological polar surface area (TPSA) is 103 Å². The fraction of sp³-hybridized carbons (Fsp3) is 0.333. The van der Waals surface area contributed by atoms with Gasteiger partial charge in [0.15, 0.2) is 0 Å². The molecule has 0 fully saturated rings. The lowest BCUT2D eigenvalue weighted by atomic mass is 9.92. The summed E-state index contributed by atoms with van der Waals surface area (Å²) in [5, 5.41) is 10.1. The molecular formula is C21H21Cl2NO6. The van der Waals surface area contributed by atoms with Crippen molar-refractivity contribution in [3.63, 3.8) is 0 Å². The second-order valence-corrected chi connectivity index (χ2v) is 7.21. The van der Waals surface area contributed by atoms with E-state index in [2.05, 4.69) is 4.98 Å². The van der Waals surface area contributed by atoms with Gasteiger partial charge in [0.2, 0.25) is 0 Å². The lowest BCUT2D eigenvalue weighted by Crippen LogP contribution is -2.18. The van der Waals surface area contributed by atoms with Gasteiger partial charge in [0.05, 0.1) is 32.6 Å². The van der Waals surface area contributed by atoms with Crippen molar-refractivity contribution in [2.75, 3.05) is 13.2 Å². The Balaban J connectivity index is 2.48. The van der Waals surface area contributed by atoms with Crippen LogP contribution in [0.1, 0.15) is 51.9 Å². The third-order valence-electron chi connectivity index (χ3n) is 4.23. The SMILES string of the molecule is CCCC(=O)OCCOC(=O)c1c(C)nc(C)c(C(=O)O)c1-c1cccc(Cl)c1Cl. The number of ether oxygens (including phenoxy) is 2. The molecule has 0 saturated heterocycles. The van der Waals surface area contributed by atoms with E-state index < -0.39 is 11.9 Å². The van der Waals surface area contributed by atoms with Crippen LogP contribution in [0.3, 0.4) is 0 Å². The molecule has 0 spiro atoms. The van der Waals surface area contributed by atoms with Crippen molar-refractivity contribution in [1.29, 1.82) is 0 Å². The molecule has 0 aliphatic rings. The van der Waals surface area contributed by atoms with Crippen molar-refractivity contribution in [1.82, 2.24) is 4.98 Å². The fourth-order valence-corrected chi connectivity index (χ4v) is 3.36. The van der Waals surface area contributed by atoms with Crippen LogP contribution in [0.2, 0.25) is 10.0 Å². The predicted octanol–water partition coefficient (Wildman–Crippen LogP) is 4.87. The van der Waals surface area contributed by atoms with E-state index in [-0.39, 0.29) is 69.3 Å². The molecule has 2 rings (SSSR count). The molecule has 1 aromatic heterocycles. The Morgan fingerprint density at radius 2 is 1.67 bits per heavy atom. The number of carboxylic acids is 1. The number of nitrogens with zero attached hydrogens (tertiary/aromatic N) is 1. The van der Waals surface area contributed by atoms with Crippen LogP contribution in [0, 0.1) is 13.8 Å². The number of rotatable bonds is 8. The average molecular weight is 454 g/mol. The molecule has 0 atom stereocenters. The largest absolute Gasteiger partial charge is 0.478 e. The Hall–Kier alpha value is -2.64. The number of hydrogen-bond donors (Lipinski definition) is 1. The molecule has 160 valence electrons. The highest BCUT2D eigenvalue weighted by Crippen LogP contribution is 2.39. The van der Waals surface area contributed by atoms with Crippen LogP contribution in [0.4, 0.5) is 0 Å². The summed E-state index contributed by atoms with van der Waals surface area (Å²) < 4.78 is 10.2. The van der Waals surface area contributed by atoms with Crippen LogP contribution in [-0.2, 0) is 14.3 Å². The maximum absolute atomic E-state index is 12.8. The van der Waals surface area contributed by atoms with Crippen LogP contribution in [0.25, 0.3) is 11.1 Å². The van der Waals surface area contributed by atoms with E-state index in [1.54, 1.807) is 25.1 Å². The first-order valence-corrected chi connectivity index (χ1v) is 9.96. The molecule has 0 saturated carbocycles. The molecule has 2 aromatic rings. The quantitative estimate of drug-likeness (QED) is 0.448. The second-order valence-electron chi connectivity index (χ2n) is 6.42. The summed E-state index contributed by atoms with van der Waals surface area (Å²) >= 11 is 12.4. The summed E-state index contributed by atoms with van der Waals surface area (Å²) in [5.41, 5.74) is 0.630. The Morgan fingerprint density at radius 1 is 1.03 bits per heavy atom. The Labute approximate surface area is 183 Å². The monoisotopic (exact) mass is 453 g/mol. The number of aromatic nitrogens is 1. The first-order chi connectivity index (χ1) is 14.2. The number of benzene rings is 1. The van der Waals surface area contributed by atoms with Crippen molar-refractivity contribution in [3.05, 3.63) is 50.8 Å². The molecule has 30 heavy (non-hydrogen) atoms. The van der Waals surface area contributed by atoms with Crippen molar-refractivity contribution in [2.24, 2.45) is 0 Å². The maximum atomic E-state index is 12.8. The summed E-state index contributed by atoms with van der Waals surface area (Å²) in [6, 6.07) is 4.72. The molecule has 0 aliphatic heterocycles. The smallest absolute Gasteiger partial charge is 0.340 e. The average Bonchev–Trinajstić information content (AvgIpc) is 2.66. The number of pyridine rings is 1. The van der Waals surface area contributed by atoms with Crippen molar-refractivity contribution < 1.29 is 29.0 Å². The molecule has 0 unspecified atom stereocenters. The molecule has 9 heteroatoms. The normalized spacial score (nSPS) is 10.6. The molecule has 1 N–H and O–H groups in total. The number of halogens is 2. The zero-order valence-electron chi connectivity index (χ0n) is 16.8. The van der Waals surface area contributed by atoms with Crippen LogP contribution in [0.5, 0.6) is 0 Å². The number of carbonyl (C=O) groups is 3. The van der Waals surface area contributed by atoms with Gasteiger partial charge in [0.25, 0.3) is 0 Å². The second kappa shape index (κ2) is 10.4. The fourth-order valence-electron chi connectivity index (χ4n) is 2.97. The van der Waals surface area contributed by atoms with Gasteiger partial charge in [0.1, 0.15) is 13.2 Å². The Morgan fingerprint density at radius 3 is 2.30 bits per heavy atom. The van der Waals surface area contributed by atoms with Crippen molar-refractivity contribution in [2.45, 2.75) is 33.6 Å². The zero-order valence-corrected chi connectivity index (χ0v) is 18.3. The van der Waals surface area contributed by atoms with E-state index >= 15 is 0 Å². The minimum absolute atomic E-state index is 0.0398. The maximum Gasteiger partial charge on any atom is 0.340 e. The number of aryl methyl sites for hydroxylation is 2. The molecule has 7 nitrogen and oxygen atoms in total. The van der Waals surface area contributed by atoms with Crippen LogP contribution < -0.4 is 0 Å². The summed E-state index contributed by atoms with van der Waals surface area (Å²) in [5.74, 6) is -2.46. The van der Waals surface area contributed by atoms with Gasteiger partial charge in [-0.15, -0.1) is 0 Å². The molecule has 0 bridgehead atoms. The van der Waals surface area contributed by atoms with E-state index in [1.165, 1.54) is 6.92 Å². The molecule has 1 heterocycles. The third kappa shape index (κ3) is 5.29. The number of esters is 2. The van der Waals surface area contributed by atoms with Gasteiger partial charge in [-0.1, -0.05) is 42.3 Å². The lowest BCUT2D eigenvalue weighted by Gasteiger charge is -2.18. The van der Waals surface area contributed by atoms with Gasteiger partial charge < -0.3 is 14.6 Å². The Bertz CT molecular complexity index is 990. The number of hydrogen-bond acceptors (Lipinski definition) is 6. The molecule has 0 radical (unpaired) electrons. The number of aromatic carboxylic acids is 1. The molecule has 1 aromatic carbocycles. The van der Waals surface area contributed by atoms with Crippen molar-refractivity contribution >= 4 is 41.1 Å². The van der Waals surface area contributed by atoms with Crippen LogP contribution >= 0.6 is 23.2 Å². The molecule has 0 aliphatic carbocycles. The summed E-state index contributed by atoms with van der Waals surface area (Å²) in [4.78, 5) is 40.4. The Kier molecular flexibility index (Phi) is 8.20. The minimum Gasteiger partial charge on any atom is -0.478 e. The van der Waals surface area contributed by atoms with E-state index in [4.69, 9.17) is 32.7 Å². The third-order valence-corrected chi connectivity index (χ3v) is 5.05.